The van der Waals surface area contributed by atoms with Gasteiger partial charge < -0.3 is 11.1 Å². The van der Waals surface area contributed by atoms with E-state index in [1.807, 2.05) is 55.5 Å². The number of nitrogens with one attached hydrogen (secondary N) is 1. The van der Waals surface area contributed by atoms with Gasteiger partial charge in [0, 0.05) is 5.69 Å². The minimum absolute atomic E-state index is 0.0795. The molecule has 2 aromatic rings. The van der Waals surface area contributed by atoms with E-state index in [0.29, 0.717) is 0 Å². The number of amides is 1. The van der Waals surface area contributed by atoms with E-state index >= 15 is 0 Å². The van der Waals surface area contributed by atoms with E-state index in [0.717, 1.165) is 24.1 Å². The third-order valence-corrected chi connectivity index (χ3v) is 4.25. The van der Waals surface area contributed by atoms with Gasteiger partial charge in [0.05, 0.1) is 12.0 Å². The van der Waals surface area contributed by atoms with Crippen LogP contribution < -0.4 is 11.1 Å². The summed E-state index contributed by atoms with van der Waals surface area (Å²) in [5.74, 6) is -0.0556. The first-order valence-electron chi connectivity index (χ1n) is 7.39. The molecule has 0 heterocycles. The molecule has 3 nitrogen and oxygen atoms in total. The summed E-state index contributed by atoms with van der Waals surface area (Å²) >= 11 is 0. The number of rotatable bonds is 3. The van der Waals surface area contributed by atoms with Crippen LogP contribution in [0.2, 0.25) is 0 Å². The second-order valence-corrected chi connectivity index (χ2v) is 5.69. The van der Waals surface area contributed by atoms with Crippen LogP contribution in [-0.4, -0.2) is 5.91 Å². The van der Waals surface area contributed by atoms with Crippen molar-refractivity contribution >= 4 is 11.6 Å². The summed E-state index contributed by atoms with van der Waals surface area (Å²) in [6, 6.07) is 16.0. The lowest BCUT2D eigenvalue weighted by Gasteiger charge is -2.18. The molecule has 2 unspecified atom stereocenters. The monoisotopic (exact) mass is 280 g/mol. The van der Waals surface area contributed by atoms with Gasteiger partial charge in [-0.1, -0.05) is 36.4 Å². The Bertz CT molecular complexity index is 652. The van der Waals surface area contributed by atoms with E-state index in [-0.39, 0.29) is 17.9 Å². The van der Waals surface area contributed by atoms with Crippen molar-refractivity contribution in [1.29, 1.82) is 0 Å². The maximum atomic E-state index is 12.4. The maximum absolute atomic E-state index is 12.4. The molecule has 3 rings (SSSR count). The van der Waals surface area contributed by atoms with Crippen molar-refractivity contribution in [3.8, 4) is 0 Å². The summed E-state index contributed by atoms with van der Waals surface area (Å²) in [6.07, 6.45) is 1.93. The van der Waals surface area contributed by atoms with Gasteiger partial charge in [-0.15, -0.1) is 0 Å². The molecule has 0 saturated carbocycles. The predicted octanol–water partition coefficient (Wildman–Crippen LogP) is 3.18. The molecule has 1 aliphatic rings. The predicted molar refractivity (Wildman–Crippen MR) is 84.9 cm³/mol. The van der Waals surface area contributed by atoms with Gasteiger partial charge in [-0.25, -0.2) is 0 Å². The summed E-state index contributed by atoms with van der Waals surface area (Å²) in [4.78, 5) is 12.4. The third kappa shape index (κ3) is 2.77. The quantitative estimate of drug-likeness (QED) is 0.848. The smallest absolute Gasteiger partial charge is 0.227 e. The molecule has 2 aromatic carbocycles. The number of hydrogen-bond acceptors (Lipinski definition) is 2. The molecule has 108 valence electrons. The van der Waals surface area contributed by atoms with E-state index in [1.54, 1.807) is 0 Å². The molecular formula is C18H20N2O. The maximum Gasteiger partial charge on any atom is 0.227 e. The van der Waals surface area contributed by atoms with Crippen molar-refractivity contribution in [2.75, 3.05) is 5.73 Å². The first kappa shape index (κ1) is 13.7. The van der Waals surface area contributed by atoms with Gasteiger partial charge in [-0.2, -0.15) is 0 Å². The number of aryl methyl sites for hydroxylation is 1. The number of nitrogen functional groups attached to an aromatic ring is 1. The Kier molecular flexibility index (Phi) is 3.65. The lowest BCUT2D eigenvalue weighted by molar-refractivity contribution is -0.123. The van der Waals surface area contributed by atoms with Crippen molar-refractivity contribution in [2.24, 2.45) is 0 Å². The molecule has 0 spiro atoms. The third-order valence-electron chi connectivity index (χ3n) is 4.25. The average molecular weight is 280 g/mol. The van der Waals surface area contributed by atoms with Crippen LogP contribution in [0.4, 0.5) is 5.69 Å². The van der Waals surface area contributed by atoms with E-state index in [4.69, 9.17) is 5.73 Å². The van der Waals surface area contributed by atoms with E-state index in [9.17, 15) is 4.79 Å². The Hall–Kier alpha value is -2.29. The summed E-state index contributed by atoms with van der Waals surface area (Å²) in [6.45, 7) is 1.95. The highest BCUT2D eigenvalue weighted by Gasteiger charge is 2.26. The van der Waals surface area contributed by atoms with Crippen LogP contribution in [-0.2, 0) is 11.2 Å². The fourth-order valence-electron chi connectivity index (χ4n) is 2.98. The molecule has 0 aliphatic heterocycles. The van der Waals surface area contributed by atoms with E-state index in [1.165, 1.54) is 11.1 Å². The second kappa shape index (κ2) is 5.60. The summed E-state index contributed by atoms with van der Waals surface area (Å²) in [5.41, 5.74) is 10.1. The van der Waals surface area contributed by atoms with Crippen molar-refractivity contribution in [1.82, 2.24) is 5.32 Å². The van der Waals surface area contributed by atoms with Gasteiger partial charge in [0.1, 0.15) is 0 Å². The van der Waals surface area contributed by atoms with E-state index < -0.39 is 0 Å². The zero-order valence-electron chi connectivity index (χ0n) is 12.2. The molecule has 0 fully saturated rings. The number of hydrogen-bond donors (Lipinski definition) is 2. The van der Waals surface area contributed by atoms with Crippen LogP contribution in [0, 0.1) is 0 Å². The number of anilines is 1. The Morgan fingerprint density at radius 2 is 2.00 bits per heavy atom. The highest BCUT2D eigenvalue weighted by molar-refractivity contribution is 5.83. The van der Waals surface area contributed by atoms with Gasteiger partial charge in [0.15, 0.2) is 0 Å². The molecule has 0 aromatic heterocycles. The minimum Gasteiger partial charge on any atom is -0.399 e. The van der Waals surface area contributed by atoms with Crippen molar-refractivity contribution in [3.05, 3.63) is 65.2 Å². The highest BCUT2D eigenvalue weighted by Crippen LogP contribution is 2.32. The lowest BCUT2D eigenvalue weighted by Crippen LogP contribution is -2.30. The number of carbonyl (C=O) groups excluding carboxylic acids is 1. The molecule has 21 heavy (non-hydrogen) atoms. The SMILES string of the molecule is CC(C(=O)NC1CCc2cc(N)ccc21)c1ccccc1. The van der Waals surface area contributed by atoms with E-state index in [2.05, 4.69) is 5.32 Å². The van der Waals surface area contributed by atoms with Gasteiger partial charge in [0.2, 0.25) is 5.91 Å². The van der Waals surface area contributed by atoms with Crippen molar-refractivity contribution in [3.63, 3.8) is 0 Å². The fraction of sp³-hybridized carbons (Fsp3) is 0.278. The summed E-state index contributed by atoms with van der Waals surface area (Å²) < 4.78 is 0. The standard InChI is InChI=1S/C18H20N2O/c1-12(13-5-3-2-4-6-13)18(21)20-17-10-7-14-11-15(19)8-9-16(14)17/h2-6,8-9,11-12,17H,7,10,19H2,1H3,(H,20,21). The van der Waals surface area contributed by atoms with Gasteiger partial charge in [-0.3, -0.25) is 4.79 Å². The van der Waals surface area contributed by atoms with Crippen LogP contribution in [0.3, 0.4) is 0 Å². The highest BCUT2D eigenvalue weighted by atomic mass is 16.1. The molecule has 3 heteroatoms. The summed E-state index contributed by atoms with van der Waals surface area (Å²) in [5, 5.41) is 3.17. The molecule has 3 N–H and O–H groups in total. The molecule has 2 atom stereocenters. The first-order chi connectivity index (χ1) is 10.1. The van der Waals surface area contributed by atoms with Crippen molar-refractivity contribution in [2.45, 2.75) is 31.7 Å². The second-order valence-electron chi connectivity index (χ2n) is 5.69. The minimum atomic E-state index is -0.135. The van der Waals surface area contributed by atoms with Crippen LogP contribution in [0.15, 0.2) is 48.5 Å². The molecule has 0 saturated heterocycles. The van der Waals surface area contributed by atoms with Gasteiger partial charge in [-0.05, 0) is 48.6 Å². The van der Waals surface area contributed by atoms with Crippen LogP contribution in [0.5, 0.6) is 0 Å². The Balaban J connectivity index is 1.72. The Morgan fingerprint density at radius 1 is 1.24 bits per heavy atom. The molecule has 0 radical (unpaired) electrons. The Labute approximate surface area is 125 Å². The lowest BCUT2D eigenvalue weighted by atomic mass is 9.99. The number of fused-ring (bicyclic) bond motifs is 1. The van der Waals surface area contributed by atoms with Crippen LogP contribution in [0.1, 0.15) is 42.0 Å². The van der Waals surface area contributed by atoms with Crippen molar-refractivity contribution < 1.29 is 4.79 Å². The topological polar surface area (TPSA) is 55.1 Å². The van der Waals surface area contributed by atoms with Gasteiger partial charge >= 0.3 is 0 Å². The normalized spacial score (nSPS) is 18.0. The molecule has 0 bridgehead atoms. The zero-order chi connectivity index (χ0) is 14.8. The molecular weight excluding hydrogens is 260 g/mol. The molecule has 1 aliphatic carbocycles. The molecule has 1 amide bonds. The Morgan fingerprint density at radius 3 is 2.76 bits per heavy atom. The number of nitrogens with two attached hydrogens (primary N) is 1. The fourth-order valence-corrected chi connectivity index (χ4v) is 2.98. The zero-order valence-corrected chi connectivity index (χ0v) is 12.2. The summed E-state index contributed by atoms with van der Waals surface area (Å²) in [7, 11) is 0. The van der Waals surface area contributed by atoms with Crippen LogP contribution >= 0.6 is 0 Å². The first-order valence-corrected chi connectivity index (χ1v) is 7.39. The largest absolute Gasteiger partial charge is 0.399 e. The average Bonchev–Trinajstić information content (AvgIpc) is 2.89. The van der Waals surface area contributed by atoms with Crippen LogP contribution in [0.25, 0.3) is 0 Å². The number of carbonyl (C=O) groups is 1. The number of benzene rings is 2. The van der Waals surface area contributed by atoms with Gasteiger partial charge in [0.25, 0.3) is 0 Å².